The van der Waals surface area contributed by atoms with Crippen molar-refractivity contribution < 1.29 is 19.7 Å². The fourth-order valence-electron chi connectivity index (χ4n) is 1.91. The van der Waals surface area contributed by atoms with Crippen molar-refractivity contribution in [2.75, 3.05) is 0 Å². The Morgan fingerprint density at radius 3 is 2.57 bits per heavy atom. The Balaban J connectivity index is 2.18. The van der Waals surface area contributed by atoms with E-state index >= 15 is 0 Å². The highest BCUT2D eigenvalue weighted by atomic mass is 16.5. The van der Waals surface area contributed by atoms with E-state index in [0.717, 1.165) is 22.8 Å². The Morgan fingerprint density at radius 1 is 1.19 bits per heavy atom. The van der Waals surface area contributed by atoms with Crippen molar-refractivity contribution in [1.29, 1.82) is 0 Å². The number of carboxylic acid groups (broad SMARTS) is 1. The van der Waals surface area contributed by atoms with E-state index in [9.17, 15) is 9.90 Å². The Hall–Kier alpha value is -2.75. The van der Waals surface area contributed by atoms with E-state index in [4.69, 9.17) is 9.84 Å². The van der Waals surface area contributed by atoms with Gasteiger partial charge in [0.15, 0.2) is 0 Å². The summed E-state index contributed by atoms with van der Waals surface area (Å²) in [5.74, 6) is -0.135. The van der Waals surface area contributed by atoms with Gasteiger partial charge in [-0.3, -0.25) is 0 Å². The highest BCUT2D eigenvalue weighted by Crippen LogP contribution is 2.26. The van der Waals surface area contributed by atoms with Gasteiger partial charge < -0.3 is 14.9 Å². The van der Waals surface area contributed by atoms with Crippen LogP contribution in [0.4, 0.5) is 0 Å². The first-order valence-electron chi connectivity index (χ1n) is 6.47. The number of benzene rings is 2. The van der Waals surface area contributed by atoms with Gasteiger partial charge >= 0.3 is 5.97 Å². The average Bonchev–Trinajstić information content (AvgIpc) is 2.46. The molecule has 0 fully saturated rings. The van der Waals surface area contributed by atoms with E-state index in [-0.39, 0.29) is 5.75 Å². The summed E-state index contributed by atoms with van der Waals surface area (Å²) >= 11 is 0. The Kier molecular flexibility index (Phi) is 4.61. The van der Waals surface area contributed by atoms with Gasteiger partial charge in [-0.1, -0.05) is 30.3 Å². The van der Waals surface area contributed by atoms with Crippen molar-refractivity contribution >= 4 is 12.0 Å². The topological polar surface area (TPSA) is 66.8 Å². The third kappa shape index (κ3) is 4.11. The van der Waals surface area contributed by atoms with Crippen LogP contribution in [0.15, 0.2) is 48.5 Å². The van der Waals surface area contributed by atoms with Gasteiger partial charge in [-0.25, -0.2) is 4.79 Å². The minimum absolute atomic E-state index is 0.208. The normalized spacial score (nSPS) is 10.7. The van der Waals surface area contributed by atoms with Crippen molar-refractivity contribution in [3.63, 3.8) is 0 Å². The molecule has 0 aliphatic rings. The highest BCUT2D eigenvalue weighted by Gasteiger charge is 2.05. The SMILES string of the molecule is Cc1cccc(/C=C/C(=O)O)c1OCc1ccc(O)cc1. The van der Waals surface area contributed by atoms with Crippen LogP contribution in [0.25, 0.3) is 6.08 Å². The summed E-state index contributed by atoms with van der Waals surface area (Å²) in [6, 6.07) is 12.3. The fourth-order valence-corrected chi connectivity index (χ4v) is 1.91. The number of carboxylic acids is 1. The smallest absolute Gasteiger partial charge is 0.328 e. The molecular weight excluding hydrogens is 268 g/mol. The molecule has 0 aliphatic heterocycles. The van der Waals surface area contributed by atoms with Crippen LogP contribution in [0.5, 0.6) is 11.5 Å². The maximum Gasteiger partial charge on any atom is 0.328 e. The maximum absolute atomic E-state index is 10.6. The highest BCUT2D eigenvalue weighted by molar-refractivity contribution is 5.86. The first kappa shape index (κ1) is 14.7. The van der Waals surface area contributed by atoms with E-state index in [1.54, 1.807) is 30.3 Å². The molecule has 2 aromatic carbocycles. The Morgan fingerprint density at radius 2 is 1.90 bits per heavy atom. The summed E-state index contributed by atoms with van der Waals surface area (Å²) in [5, 5.41) is 18.0. The number of aliphatic carboxylic acids is 1. The minimum atomic E-state index is -0.999. The van der Waals surface area contributed by atoms with E-state index in [1.807, 2.05) is 19.1 Å². The number of ether oxygens (including phenoxy) is 1. The molecule has 0 bridgehead atoms. The van der Waals surface area contributed by atoms with Crippen molar-refractivity contribution in [1.82, 2.24) is 0 Å². The number of carbonyl (C=O) groups is 1. The van der Waals surface area contributed by atoms with Gasteiger partial charge in [0.05, 0.1) is 0 Å². The molecule has 0 heterocycles. The van der Waals surface area contributed by atoms with E-state index < -0.39 is 5.97 Å². The van der Waals surface area contributed by atoms with Crippen molar-refractivity contribution in [2.24, 2.45) is 0 Å². The van der Waals surface area contributed by atoms with Crippen molar-refractivity contribution in [3.8, 4) is 11.5 Å². The lowest BCUT2D eigenvalue weighted by Crippen LogP contribution is -1.99. The van der Waals surface area contributed by atoms with Gasteiger partial charge in [-0.05, 0) is 36.3 Å². The summed E-state index contributed by atoms with van der Waals surface area (Å²) in [6.45, 7) is 2.25. The molecule has 0 aromatic heterocycles. The average molecular weight is 284 g/mol. The van der Waals surface area contributed by atoms with Crippen LogP contribution in [0, 0.1) is 6.92 Å². The summed E-state index contributed by atoms with van der Waals surface area (Å²) in [5.41, 5.74) is 2.57. The molecule has 4 nitrogen and oxygen atoms in total. The molecular formula is C17H16O4. The lowest BCUT2D eigenvalue weighted by atomic mass is 10.1. The van der Waals surface area contributed by atoms with Crippen LogP contribution in [-0.4, -0.2) is 16.2 Å². The zero-order chi connectivity index (χ0) is 15.2. The number of phenolic OH excluding ortho intramolecular Hbond substituents is 1. The van der Waals surface area contributed by atoms with Crippen molar-refractivity contribution in [2.45, 2.75) is 13.5 Å². The lowest BCUT2D eigenvalue weighted by molar-refractivity contribution is -0.131. The standard InChI is InChI=1S/C17H16O4/c1-12-3-2-4-14(7-10-16(19)20)17(12)21-11-13-5-8-15(18)9-6-13/h2-10,18H,11H2,1H3,(H,19,20)/b10-7+. The number of aryl methyl sites for hydroxylation is 1. The zero-order valence-electron chi connectivity index (χ0n) is 11.6. The third-order valence-corrected chi connectivity index (χ3v) is 2.97. The first-order valence-corrected chi connectivity index (χ1v) is 6.47. The molecule has 0 aliphatic carbocycles. The quantitative estimate of drug-likeness (QED) is 0.826. The van der Waals surface area contributed by atoms with E-state index in [1.165, 1.54) is 6.08 Å². The molecule has 108 valence electrons. The van der Waals surface area contributed by atoms with E-state index in [2.05, 4.69) is 0 Å². The van der Waals surface area contributed by atoms with Gasteiger partial charge in [0.1, 0.15) is 18.1 Å². The summed E-state index contributed by atoms with van der Waals surface area (Å²) in [4.78, 5) is 10.6. The molecule has 0 radical (unpaired) electrons. The number of phenols is 1. The molecule has 0 saturated heterocycles. The van der Waals surface area contributed by atoms with Gasteiger partial charge in [0.2, 0.25) is 0 Å². The van der Waals surface area contributed by atoms with Crippen LogP contribution in [0.3, 0.4) is 0 Å². The second-order valence-corrected chi connectivity index (χ2v) is 4.62. The molecule has 2 rings (SSSR count). The molecule has 0 saturated carbocycles. The number of para-hydroxylation sites is 1. The monoisotopic (exact) mass is 284 g/mol. The number of aromatic hydroxyl groups is 1. The Labute approximate surface area is 122 Å². The lowest BCUT2D eigenvalue weighted by Gasteiger charge is -2.12. The molecule has 4 heteroatoms. The summed E-state index contributed by atoms with van der Waals surface area (Å²) in [7, 11) is 0. The van der Waals surface area contributed by atoms with Gasteiger partial charge in [-0.15, -0.1) is 0 Å². The van der Waals surface area contributed by atoms with Crippen molar-refractivity contribution in [3.05, 3.63) is 65.2 Å². The van der Waals surface area contributed by atoms with Gasteiger partial charge in [0, 0.05) is 11.6 Å². The van der Waals surface area contributed by atoms with Crippen LogP contribution >= 0.6 is 0 Å². The molecule has 0 unspecified atom stereocenters. The Bertz CT molecular complexity index is 657. The molecule has 0 amide bonds. The number of rotatable bonds is 5. The third-order valence-electron chi connectivity index (χ3n) is 2.97. The maximum atomic E-state index is 10.6. The molecule has 0 atom stereocenters. The predicted octanol–water partition coefficient (Wildman–Crippen LogP) is 3.38. The second kappa shape index (κ2) is 6.61. The molecule has 0 spiro atoms. The van der Waals surface area contributed by atoms with Crippen LogP contribution in [-0.2, 0) is 11.4 Å². The molecule has 21 heavy (non-hydrogen) atoms. The van der Waals surface area contributed by atoms with Crippen LogP contribution in [0.2, 0.25) is 0 Å². The van der Waals surface area contributed by atoms with Gasteiger partial charge in [-0.2, -0.15) is 0 Å². The largest absolute Gasteiger partial charge is 0.508 e. The first-order chi connectivity index (χ1) is 10.1. The fraction of sp³-hybridized carbons (Fsp3) is 0.118. The predicted molar refractivity (Wildman–Crippen MR) is 80.3 cm³/mol. The second-order valence-electron chi connectivity index (χ2n) is 4.62. The van der Waals surface area contributed by atoms with Crippen LogP contribution < -0.4 is 4.74 Å². The van der Waals surface area contributed by atoms with E-state index in [0.29, 0.717) is 12.4 Å². The molecule has 2 N–H and O–H groups in total. The molecule has 2 aromatic rings. The van der Waals surface area contributed by atoms with Gasteiger partial charge in [0.25, 0.3) is 0 Å². The summed E-state index contributed by atoms with van der Waals surface area (Å²) < 4.78 is 5.80. The minimum Gasteiger partial charge on any atom is -0.508 e. The zero-order valence-corrected chi connectivity index (χ0v) is 11.6. The number of hydrogen-bond donors (Lipinski definition) is 2. The van der Waals surface area contributed by atoms with Crippen LogP contribution in [0.1, 0.15) is 16.7 Å². The number of hydrogen-bond acceptors (Lipinski definition) is 3. The summed E-state index contributed by atoms with van der Waals surface area (Å²) in [6.07, 6.45) is 2.60.